The fraction of sp³-hybridized carbons (Fsp3) is 0.333. The van der Waals surface area contributed by atoms with E-state index in [1.165, 1.54) is 16.7 Å². The van der Waals surface area contributed by atoms with Crippen molar-refractivity contribution < 1.29 is 0 Å². The first-order chi connectivity index (χ1) is 11.5. The fourth-order valence-corrected chi connectivity index (χ4v) is 4.67. The van der Waals surface area contributed by atoms with E-state index in [9.17, 15) is 0 Å². The Kier molecular flexibility index (Phi) is 3.35. The molecule has 3 aliphatic rings. The molecule has 0 aromatic heterocycles. The Labute approximate surface area is 145 Å². The average Bonchev–Trinajstić information content (AvgIpc) is 3.13. The van der Waals surface area contributed by atoms with E-state index in [0.717, 1.165) is 6.42 Å². The summed E-state index contributed by atoms with van der Waals surface area (Å²) in [6.07, 6.45) is 4.99. The average molecular weight is 313 g/mol. The van der Waals surface area contributed by atoms with Gasteiger partial charge >= 0.3 is 0 Å². The van der Waals surface area contributed by atoms with Crippen molar-refractivity contribution >= 4 is 0 Å². The second-order valence-corrected chi connectivity index (χ2v) is 8.00. The van der Waals surface area contributed by atoms with Crippen LogP contribution < -0.4 is 0 Å². The van der Waals surface area contributed by atoms with Gasteiger partial charge in [-0.05, 0) is 45.8 Å². The SMILES string of the molecule is CCC1[C]=C2C(C(C)(C)C)=C1C2(c1ccccc1)c1ccccc1. The van der Waals surface area contributed by atoms with Crippen LogP contribution in [0.4, 0.5) is 0 Å². The van der Waals surface area contributed by atoms with Gasteiger partial charge in [-0.25, -0.2) is 0 Å². The lowest BCUT2D eigenvalue weighted by Gasteiger charge is -2.50. The lowest BCUT2D eigenvalue weighted by Crippen LogP contribution is -2.43. The number of fused-ring (bicyclic) bond motifs is 1. The third kappa shape index (κ3) is 1.86. The molecule has 5 rings (SSSR count). The smallest absolute Gasteiger partial charge is 0.0645 e. The molecular formula is C24H25. The van der Waals surface area contributed by atoms with Crippen LogP contribution in [0.5, 0.6) is 0 Å². The van der Waals surface area contributed by atoms with Crippen LogP contribution >= 0.6 is 0 Å². The highest BCUT2D eigenvalue weighted by Crippen LogP contribution is 2.67. The van der Waals surface area contributed by atoms with Gasteiger partial charge in [0.25, 0.3) is 0 Å². The second kappa shape index (κ2) is 5.21. The maximum Gasteiger partial charge on any atom is 0.0679 e. The molecule has 0 aliphatic heterocycles. The van der Waals surface area contributed by atoms with Crippen molar-refractivity contribution in [3.05, 3.63) is 94.6 Å². The quantitative estimate of drug-likeness (QED) is 0.642. The summed E-state index contributed by atoms with van der Waals surface area (Å²) < 4.78 is 0. The molecule has 121 valence electrons. The van der Waals surface area contributed by atoms with Gasteiger partial charge < -0.3 is 0 Å². The van der Waals surface area contributed by atoms with Crippen molar-refractivity contribution in [3.63, 3.8) is 0 Å². The number of rotatable bonds is 3. The Morgan fingerprint density at radius 2 is 1.38 bits per heavy atom. The highest BCUT2D eigenvalue weighted by Gasteiger charge is 2.59. The summed E-state index contributed by atoms with van der Waals surface area (Å²) in [6.45, 7) is 9.29. The zero-order valence-corrected chi connectivity index (χ0v) is 15.1. The first-order valence-corrected chi connectivity index (χ1v) is 9.01. The van der Waals surface area contributed by atoms with Crippen molar-refractivity contribution in [2.45, 2.75) is 39.5 Å². The summed E-state index contributed by atoms with van der Waals surface area (Å²) in [7, 11) is 0. The molecule has 24 heavy (non-hydrogen) atoms. The van der Waals surface area contributed by atoms with Crippen LogP contribution in [0.3, 0.4) is 0 Å². The van der Waals surface area contributed by atoms with Gasteiger partial charge in [0.05, 0.1) is 5.41 Å². The zero-order chi connectivity index (χ0) is 16.9. The lowest BCUT2D eigenvalue weighted by atomic mass is 9.51. The summed E-state index contributed by atoms with van der Waals surface area (Å²) in [4.78, 5) is 0. The monoisotopic (exact) mass is 313 g/mol. The van der Waals surface area contributed by atoms with Crippen LogP contribution in [0.25, 0.3) is 0 Å². The third-order valence-corrected chi connectivity index (χ3v) is 5.54. The maximum absolute atomic E-state index is 3.86. The number of hydrogen-bond acceptors (Lipinski definition) is 0. The molecule has 0 heteroatoms. The van der Waals surface area contributed by atoms with Crippen LogP contribution in [0, 0.1) is 17.4 Å². The third-order valence-electron chi connectivity index (χ3n) is 5.54. The summed E-state index contributed by atoms with van der Waals surface area (Å²) in [5.74, 6) is 0.453. The summed E-state index contributed by atoms with van der Waals surface area (Å²) in [6, 6.07) is 22.0. The van der Waals surface area contributed by atoms with Crippen molar-refractivity contribution in [3.8, 4) is 0 Å². The molecule has 3 aliphatic carbocycles. The molecule has 0 heterocycles. The molecule has 0 fully saturated rings. The van der Waals surface area contributed by atoms with Gasteiger partial charge in [0.15, 0.2) is 0 Å². The Morgan fingerprint density at radius 1 is 0.875 bits per heavy atom. The van der Waals surface area contributed by atoms with E-state index in [2.05, 4.69) is 94.4 Å². The van der Waals surface area contributed by atoms with Crippen LogP contribution in [0.1, 0.15) is 45.2 Å². The minimum absolute atomic E-state index is 0.0776. The highest BCUT2D eigenvalue weighted by molar-refractivity contribution is 5.77. The van der Waals surface area contributed by atoms with E-state index < -0.39 is 0 Å². The van der Waals surface area contributed by atoms with Gasteiger partial charge in [-0.3, -0.25) is 0 Å². The molecule has 2 aromatic carbocycles. The Balaban J connectivity index is 2.02. The number of benzene rings is 2. The molecule has 0 amide bonds. The molecule has 1 radical (unpaired) electrons. The zero-order valence-electron chi connectivity index (χ0n) is 15.1. The summed E-state index contributed by atoms with van der Waals surface area (Å²) in [5, 5.41) is 0. The van der Waals surface area contributed by atoms with Crippen molar-refractivity contribution in [1.82, 2.24) is 0 Å². The Hall–Kier alpha value is -2.08. The molecule has 0 nitrogen and oxygen atoms in total. The number of allylic oxidation sites excluding steroid dienone is 4. The molecule has 2 aromatic rings. The highest BCUT2D eigenvalue weighted by atomic mass is 14.6. The fourth-order valence-electron chi connectivity index (χ4n) is 4.67. The standard InChI is InChI=1S/C24H25/c1-5-17-16-20-22(23(2,3)4)21(17)24(20,18-12-8-6-9-13-18)19-14-10-7-11-15-19/h6-15,17H,5H2,1-4H3. The Morgan fingerprint density at radius 3 is 1.75 bits per heavy atom. The summed E-state index contributed by atoms with van der Waals surface area (Å²) in [5.41, 5.74) is 7.43. The van der Waals surface area contributed by atoms with Crippen LogP contribution in [-0.2, 0) is 5.41 Å². The van der Waals surface area contributed by atoms with Crippen molar-refractivity contribution in [2.75, 3.05) is 0 Å². The molecule has 0 N–H and O–H groups in total. The molecule has 1 unspecified atom stereocenters. The molecule has 0 spiro atoms. The van der Waals surface area contributed by atoms with Crippen LogP contribution in [0.15, 0.2) is 77.4 Å². The van der Waals surface area contributed by atoms with Crippen LogP contribution in [0.2, 0.25) is 0 Å². The van der Waals surface area contributed by atoms with E-state index in [-0.39, 0.29) is 10.8 Å². The van der Waals surface area contributed by atoms with Crippen molar-refractivity contribution in [2.24, 2.45) is 11.3 Å². The maximum atomic E-state index is 3.86. The van der Waals surface area contributed by atoms with E-state index in [1.807, 2.05) is 0 Å². The first kappa shape index (κ1) is 15.4. The predicted octanol–water partition coefficient (Wildman–Crippen LogP) is 6.10. The summed E-state index contributed by atoms with van der Waals surface area (Å²) >= 11 is 0. The minimum atomic E-state index is -0.0776. The molecule has 1 atom stereocenters. The van der Waals surface area contributed by atoms with Gasteiger partial charge in [0.1, 0.15) is 0 Å². The van der Waals surface area contributed by atoms with E-state index in [1.54, 1.807) is 11.1 Å². The Bertz CT molecular complexity index is 774. The molecule has 0 saturated heterocycles. The molecule has 2 bridgehead atoms. The molecule has 0 saturated carbocycles. The largest absolute Gasteiger partial charge is 0.0679 e. The first-order valence-electron chi connectivity index (χ1n) is 9.01. The topological polar surface area (TPSA) is 0 Å². The van der Waals surface area contributed by atoms with Crippen LogP contribution in [-0.4, -0.2) is 0 Å². The van der Waals surface area contributed by atoms with E-state index in [0.29, 0.717) is 5.92 Å². The van der Waals surface area contributed by atoms with Gasteiger partial charge in [0, 0.05) is 5.92 Å². The molecular weight excluding hydrogens is 288 g/mol. The van der Waals surface area contributed by atoms with Crippen molar-refractivity contribution in [1.29, 1.82) is 0 Å². The van der Waals surface area contributed by atoms with Gasteiger partial charge in [-0.2, -0.15) is 0 Å². The normalized spacial score (nSPS) is 21.5. The van der Waals surface area contributed by atoms with Gasteiger partial charge in [-0.15, -0.1) is 0 Å². The lowest BCUT2D eigenvalue weighted by molar-refractivity contribution is 0.443. The second-order valence-electron chi connectivity index (χ2n) is 8.00. The minimum Gasteiger partial charge on any atom is -0.0645 e. The number of hydrogen-bond donors (Lipinski definition) is 0. The van der Waals surface area contributed by atoms with E-state index >= 15 is 0 Å². The van der Waals surface area contributed by atoms with Gasteiger partial charge in [-0.1, -0.05) is 88.4 Å². The predicted molar refractivity (Wildman–Crippen MR) is 101 cm³/mol. The van der Waals surface area contributed by atoms with Gasteiger partial charge in [0.2, 0.25) is 0 Å². The van der Waals surface area contributed by atoms with E-state index in [4.69, 9.17) is 0 Å².